The molecule has 0 atom stereocenters. The number of hydrogen-bond donors (Lipinski definition) is 2. The smallest absolute Gasteiger partial charge is 0.248 e. The fourth-order valence-corrected chi connectivity index (χ4v) is 4.13. The van der Waals surface area contributed by atoms with E-state index in [1.807, 2.05) is 30.3 Å². The lowest BCUT2D eigenvalue weighted by Crippen LogP contribution is -2.30. The number of ether oxygens (including phenoxy) is 1. The van der Waals surface area contributed by atoms with Crippen molar-refractivity contribution in [1.29, 1.82) is 0 Å². The fraction of sp³-hybridized carbons (Fsp3) is 0.360. The summed E-state index contributed by atoms with van der Waals surface area (Å²) < 4.78 is 7.09. The van der Waals surface area contributed by atoms with Crippen molar-refractivity contribution in [3.8, 4) is 0 Å². The lowest BCUT2D eigenvalue weighted by molar-refractivity contribution is 0.0996. The summed E-state index contributed by atoms with van der Waals surface area (Å²) >= 11 is 6.35. The van der Waals surface area contributed by atoms with Gasteiger partial charge in [-0.1, -0.05) is 49.2 Å². The quantitative estimate of drug-likeness (QED) is 0.545. The number of hydrogen-bond acceptors (Lipinski definition) is 4. The number of halogens is 1. The first-order valence-electron chi connectivity index (χ1n) is 10.9. The Balaban J connectivity index is 0.000000416. The Kier molecular flexibility index (Phi) is 8.45. The van der Waals surface area contributed by atoms with Gasteiger partial charge in [-0.15, -0.1) is 0 Å². The molecule has 1 aliphatic rings. The van der Waals surface area contributed by atoms with Crippen molar-refractivity contribution in [1.82, 2.24) is 9.88 Å². The van der Waals surface area contributed by atoms with Gasteiger partial charge < -0.3 is 20.4 Å². The molecule has 0 saturated carbocycles. The van der Waals surface area contributed by atoms with E-state index < -0.39 is 5.91 Å². The lowest BCUT2D eigenvalue weighted by Gasteiger charge is -2.13. The normalized spacial score (nSPS) is 13.5. The van der Waals surface area contributed by atoms with Crippen molar-refractivity contribution in [2.75, 3.05) is 26.3 Å². The number of carbonyl (C=O) groups excluding carboxylic acids is 2. The van der Waals surface area contributed by atoms with E-state index in [1.165, 1.54) is 0 Å². The molecule has 0 unspecified atom stereocenters. The number of primary amides is 1. The first kappa shape index (κ1) is 24.0. The summed E-state index contributed by atoms with van der Waals surface area (Å²) in [4.78, 5) is 24.0. The van der Waals surface area contributed by atoms with Gasteiger partial charge in [0, 0.05) is 46.9 Å². The Morgan fingerprint density at radius 1 is 1.16 bits per heavy atom. The van der Waals surface area contributed by atoms with Crippen LogP contribution in [0.25, 0.3) is 10.9 Å². The van der Waals surface area contributed by atoms with E-state index in [9.17, 15) is 9.59 Å². The third-order valence-corrected chi connectivity index (χ3v) is 5.80. The predicted molar refractivity (Wildman–Crippen MR) is 129 cm³/mol. The van der Waals surface area contributed by atoms with Crippen LogP contribution in [0.2, 0.25) is 5.02 Å². The van der Waals surface area contributed by atoms with E-state index in [2.05, 4.69) is 16.8 Å². The lowest BCUT2D eigenvalue weighted by atomic mass is 10.0. The van der Waals surface area contributed by atoms with Crippen molar-refractivity contribution < 1.29 is 14.3 Å². The van der Waals surface area contributed by atoms with Crippen molar-refractivity contribution in [2.45, 2.75) is 33.2 Å². The Bertz CT molecular complexity index is 1090. The topological polar surface area (TPSA) is 86.3 Å². The summed E-state index contributed by atoms with van der Waals surface area (Å²) in [7, 11) is 0. The molecule has 0 spiro atoms. The second kappa shape index (κ2) is 11.3. The number of carbonyl (C=O) groups is 2. The van der Waals surface area contributed by atoms with Crippen LogP contribution in [0.5, 0.6) is 0 Å². The second-order valence-electron chi connectivity index (χ2n) is 7.76. The van der Waals surface area contributed by atoms with E-state index in [0.717, 1.165) is 61.3 Å². The number of fused-ring (bicyclic) bond motifs is 1. The van der Waals surface area contributed by atoms with Gasteiger partial charge >= 0.3 is 0 Å². The van der Waals surface area contributed by atoms with Gasteiger partial charge in [0.25, 0.3) is 0 Å². The van der Waals surface area contributed by atoms with E-state index in [4.69, 9.17) is 22.1 Å². The van der Waals surface area contributed by atoms with Crippen LogP contribution in [-0.4, -0.2) is 42.6 Å². The zero-order valence-electron chi connectivity index (χ0n) is 18.6. The molecule has 3 aromatic rings. The number of amides is 1. The molecule has 1 aromatic heterocycles. The number of benzene rings is 2. The molecule has 3 N–H and O–H groups in total. The fourth-order valence-electron chi connectivity index (χ4n) is 3.94. The van der Waals surface area contributed by atoms with Gasteiger partial charge in [0.15, 0.2) is 5.78 Å². The van der Waals surface area contributed by atoms with E-state index in [-0.39, 0.29) is 5.78 Å². The molecule has 32 heavy (non-hydrogen) atoms. The van der Waals surface area contributed by atoms with Gasteiger partial charge in [0.05, 0.1) is 18.7 Å². The van der Waals surface area contributed by atoms with E-state index >= 15 is 0 Å². The molecule has 1 aliphatic heterocycles. The van der Waals surface area contributed by atoms with Crippen LogP contribution in [0, 0.1) is 0 Å². The second-order valence-corrected chi connectivity index (χ2v) is 8.17. The first-order valence-corrected chi connectivity index (χ1v) is 11.3. The van der Waals surface area contributed by atoms with Crippen molar-refractivity contribution in [2.24, 2.45) is 5.73 Å². The number of Topliss-reactive ketones (excluding diaryl/α,β-unsaturated/α-hetero) is 1. The predicted octanol–water partition coefficient (Wildman–Crippen LogP) is 4.20. The summed E-state index contributed by atoms with van der Waals surface area (Å²) in [6, 6.07) is 12.9. The average Bonchev–Trinajstić information content (AvgIpc) is 3.10. The summed E-state index contributed by atoms with van der Waals surface area (Å²) in [6.45, 7) is 8.02. The van der Waals surface area contributed by atoms with Crippen LogP contribution in [0.3, 0.4) is 0 Å². The number of nitrogens with one attached hydrogen (secondary N) is 1. The van der Waals surface area contributed by atoms with Crippen LogP contribution >= 0.6 is 11.6 Å². The van der Waals surface area contributed by atoms with Gasteiger partial charge in [-0.05, 0) is 37.1 Å². The molecular weight excluding hydrogens is 426 g/mol. The van der Waals surface area contributed by atoms with Gasteiger partial charge in [-0.2, -0.15) is 0 Å². The summed E-state index contributed by atoms with van der Waals surface area (Å²) in [5.74, 6) is -0.470. The SMILES string of the molecule is C1COCCN1.CCCc1c(C(C)=O)c2ccc(C(N)=O)cc2n1Cc1ccccc1Cl. The molecule has 2 aromatic carbocycles. The molecule has 2 heterocycles. The zero-order valence-corrected chi connectivity index (χ0v) is 19.4. The van der Waals surface area contributed by atoms with Crippen LogP contribution in [0.15, 0.2) is 42.5 Å². The minimum absolute atomic E-state index is 0.0168. The third kappa shape index (κ3) is 5.57. The van der Waals surface area contributed by atoms with Gasteiger partial charge in [-0.3, -0.25) is 9.59 Å². The van der Waals surface area contributed by atoms with Gasteiger partial charge in [-0.25, -0.2) is 0 Å². The number of nitrogens with two attached hydrogens (primary N) is 1. The summed E-state index contributed by atoms with van der Waals surface area (Å²) in [6.07, 6.45) is 1.67. The monoisotopic (exact) mass is 455 g/mol. The van der Waals surface area contributed by atoms with Crippen molar-refractivity contribution in [3.05, 3.63) is 69.9 Å². The van der Waals surface area contributed by atoms with E-state index in [0.29, 0.717) is 22.7 Å². The molecule has 0 aliphatic carbocycles. The highest BCUT2D eigenvalue weighted by Gasteiger charge is 2.21. The van der Waals surface area contributed by atoms with Crippen LogP contribution in [0.1, 0.15) is 52.2 Å². The highest BCUT2D eigenvalue weighted by Crippen LogP contribution is 2.31. The minimum Gasteiger partial charge on any atom is -0.379 e. The molecule has 4 rings (SSSR count). The standard InChI is InChI=1S/C21H21ClN2O2.C4H9NO/c1-3-6-18-20(13(2)25)16-10-9-14(21(23)26)11-19(16)24(18)12-15-7-4-5-8-17(15)22;1-3-6-4-2-5-1/h4-5,7-11H,3,6,12H2,1-2H3,(H2,23,26);5H,1-4H2. The third-order valence-electron chi connectivity index (χ3n) is 5.43. The van der Waals surface area contributed by atoms with Gasteiger partial charge in [0.1, 0.15) is 0 Å². The summed E-state index contributed by atoms with van der Waals surface area (Å²) in [5.41, 5.74) is 9.35. The minimum atomic E-state index is -0.487. The van der Waals surface area contributed by atoms with Crippen LogP contribution < -0.4 is 11.1 Å². The molecule has 1 amide bonds. The summed E-state index contributed by atoms with van der Waals surface area (Å²) in [5, 5.41) is 4.68. The molecule has 0 radical (unpaired) electrons. The number of ketones is 1. The van der Waals surface area contributed by atoms with E-state index in [1.54, 1.807) is 19.1 Å². The maximum absolute atomic E-state index is 12.4. The number of nitrogens with zero attached hydrogens (tertiary/aromatic N) is 1. The van der Waals surface area contributed by atoms with Gasteiger partial charge in [0.2, 0.25) is 5.91 Å². The Labute approximate surface area is 193 Å². The van der Waals surface area contributed by atoms with Crippen LogP contribution in [0.4, 0.5) is 0 Å². The molecule has 170 valence electrons. The number of aromatic nitrogens is 1. The molecule has 0 bridgehead atoms. The maximum Gasteiger partial charge on any atom is 0.248 e. The highest BCUT2D eigenvalue weighted by atomic mass is 35.5. The van der Waals surface area contributed by atoms with Crippen molar-refractivity contribution >= 4 is 34.2 Å². The van der Waals surface area contributed by atoms with Crippen LogP contribution in [-0.2, 0) is 17.7 Å². The molecular formula is C25H30ClN3O3. The van der Waals surface area contributed by atoms with Crippen molar-refractivity contribution in [3.63, 3.8) is 0 Å². The number of rotatable bonds is 6. The largest absolute Gasteiger partial charge is 0.379 e. The first-order chi connectivity index (χ1) is 15.4. The molecule has 1 fully saturated rings. The Hall–Kier alpha value is -2.67. The Morgan fingerprint density at radius 2 is 1.88 bits per heavy atom. The average molecular weight is 456 g/mol. The number of morpholine rings is 1. The molecule has 7 heteroatoms. The zero-order chi connectivity index (χ0) is 23.1. The molecule has 1 saturated heterocycles. The Morgan fingerprint density at radius 3 is 2.41 bits per heavy atom. The molecule has 6 nitrogen and oxygen atoms in total. The highest BCUT2D eigenvalue weighted by molar-refractivity contribution is 6.31. The maximum atomic E-state index is 12.4.